The number of alkyl halides is 1. The highest BCUT2D eigenvalue weighted by Crippen LogP contribution is 2.29. The van der Waals surface area contributed by atoms with E-state index in [0.29, 0.717) is 6.42 Å². The summed E-state index contributed by atoms with van der Waals surface area (Å²) in [6.45, 7) is 4.20. The van der Waals surface area contributed by atoms with Crippen LogP contribution in [0.2, 0.25) is 0 Å². The van der Waals surface area contributed by atoms with Crippen LogP contribution in [0.5, 0.6) is 0 Å². The lowest BCUT2D eigenvalue weighted by atomic mass is 10.0. The predicted octanol–water partition coefficient (Wildman–Crippen LogP) is 5.12. The third-order valence-corrected chi connectivity index (χ3v) is 4.10. The summed E-state index contributed by atoms with van der Waals surface area (Å²) in [7, 11) is 0. The number of aryl methyl sites for hydroxylation is 2. The van der Waals surface area contributed by atoms with Gasteiger partial charge in [0, 0.05) is 4.83 Å². The molecule has 0 radical (unpaired) electrons. The van der Waals surface area contributed by atoms with Crippen LogP contribution in [0.4, 0.5) is 4.39 Å². The lowest BCUT2D eigenvalue weighted by Gasteiger charge is -2.12. The van der Waals surface area contributed by atoms with Gasteiger partial charge in [-0.15, -0.1) is 0 Å². The van der Waals surface area contributed by atoms with Gasteiger partial charge in [-0.2, -0.15) is 0 Å². The molecule has 0 aliphatic heterocycles. The van der Waals surface area contributed by atoms with Gasteiger partial charge in [0.1, 0.15) is 5.82 Å². The van der Waals surface area contributed by atoms with Crippen molar-refractivity contribution in [3.05, 3.63) is 70.5 Å². The van der Waals surface area contributed by atoms with Crippen molar-refractivity contribution < 1.29 is 4.39 Å². The lowest BCUT2D eigenvalue weighted by Crippen LogP contribution is -1.98. The summed E-state index contributed by atoms with van der Waals surface area (Å²) in [5.41, 5.74) is 4.49. The van der Waals surface area contributed by atoms with Gasteiger partial charge in [0.2, 0.25) is 0 Å². The van der Waals surface area contributed by atoms with Gasteiger partial charge in [0.05, 0.1) is 0 Å². The summed E-state index contributed by atoms with van der Waals surface area (Å²) >= 11 is 3.65. The summed E-state index contributed by atoms with van der Waals surface area (Å²) < 4.78 is 13.6. The molecular formula is C16H16BrF. The molecule has 0 amide bonds. The van der Waals surface area contributed by atoms with Gasteiger partial charge in [-0.05, 0) is 48.6 Å². The Hall–Kier alpha value is -1.15. The van der Waals surface area contributed by atoms with E-state index >= 15 is 0 Å². The van der Waals surface area contributed by atoms with E-state index in [1.807, 2.05) is 12.1 Å². The van der Waals surface area contributed by atoms with Gasteiger partial charge in [-0.1, -0.05) is 52.3 Å². The van der Waals surface area contributed by atoms with Crippen molar-refractivity contribution in [1.82, 2.24) is 0 Å². The summed E-state index contributed by atoms with van der Waals surface area (Å²) in [6, 6.07) is 13.3. The average Bonchev–Trinajstić information content (AvgIpc) is 2.35. The molecule has 0 N–H and O–H groups in total. The second kappa shape index (κ2) is 5.66. The summed E-state index contributed by atoms with van der Waals surface area (Å²) in [4.78, 5) is 0.147. The number of rotatable bonds is 3. The fourth-order valence-corrected chi connectivity index (χ4v) is 2.57. The van der Waals surface area contributed by atoms with Gasteiger partial charge in [-0.3, -0.25) is 0 Å². The van der Waals surface area contributed by atoms with Crippen LogP contribution in [-0.4, -0.2) is 0 Å². The maximum Gasteiger partial charge on any atom is 0.126 e. The molecule has 0 fully saturated rings. The van der Waals surface area contributed by atoms with Crippen LogP contribution in [0, 0.1) is 19.7 Å². The highest BCUT2D eigenvalue weighted by Gasteiger charge is 2.11. The molecule has 2 rings (SSSR count). The molecule has 2 aromatic rings. The van der Waals surface area contributed by atoms with E-state index in [9.17, 15) is 4.39 Å². The SMILES string of the molecule is Cc1ccc(C(Br)Cc2ccccc2F)cc1C. The Morgan fingerprint density at radius 1 is 1.06 bits per heavy atom. The Kier molecular flexibility index (Phi) is 4.18. The topological polar surface area (TPSA) is 0 Å². The minimum absolute atomic E-state index is 0.134. The average molecular weight is 307 g/mol. The van der Waals surface area contributed by atoms with Crippen LogP contribution in [0.15, 0.2) is 42.5 Å². The largest absolute Gasteiger partial charge is 0.207 e. The van der Waals surface area contributed by atoms with E-state index in [1.165, 1.54) is 22.8 Å². The van der Waals surface area contributed by atoms with Crippen LogP contribution in [0.1, 0.15) is 27.1 Å². The fraction of sp³-hybridized carbons (Fsp3) is 0.250. The number of hydrogen-bond donors (Lipinski definition) is 0. The second-order valence-corrected chi connectivity index (χ2v) is 5.71. The molecule has 1 atom stereocenters. The molecule has 1 unspecified atom stereocenters. The first-order chi connectivity index (χ1) is 8.58. The Morgan fingerprint density at radius 2 is 1.78 bits per heavy atom. The smallest absolute Gasteiger partial charge is 0.126 e. The van der Waals surface area contributed by atoms with Gasteiger partial charge < -0.3 is 0 Å². The van der Waals surface area contributed by atoms with E-state index in [2.05, 4.69) is 48.0 Å². The maximum absolute atomic E-state index is 13.6. The standard InChI is InChI=1S/C16H16BrF/c1-11-7-8-13(9-12(11)2)15(17)10-14-5-3-4-6-16(14)18/h3-9,15H,10H2,1-2H3. The van der Waals surface area contributed by atoms with Gasteiger partial charge in [-0.25, -0.2) is 4.39 Å². The quantitative estimate of drug-likeness (QED) is 0.690. The molecular weight excluding hydrogens is 291 g/mol. The Morgan fingerprint density at radius 3 is 2.44 bits per heavy atom. The monoisotopic (exact) mass is 306 g/mol. The Labute approximate surface area is 116 Å². The highest BCUT2D eigenvalue weighted by molar-refractivity contribution is 9.09. The van der Waals surface area contributed by atoms with Gasteiger partial charge >= 0.3 is 0 Å². The van der Waals surface area contributed by atoms with Crippen molar-refractivity contribution >= 4 is 15.9 Å². The van der Waals surface area contributed by atoms with E-state index in [-0.39, 0.29) is 10.6 Å². The molecule has 94 valence electrons. The van der Waals surface area contributed by atoms with E-state index in [1.54, 1.807) is 6.07 Å². The van der Waals surface area contributed by atoms with Crippen molar-refractivity contribution in [3.63, 3.8) is 0 Å². The predicted molar refractivity (Wildman–Crippen MR) is 77.7 cm³/mol. The lowest BCUT2D eigenvalue weighted by molar-refractivity contribution is 0.608. The molecule has 0 saturated heterocycles. The summed E-state index contributed by atoms with van der Waals surface area (Å²) in [5, 5.41) is 0. The minimum atomic E-state index is -0.134. The van der Waals surface area contributed by atoms with Crippen LogP contribution < -0.4 is 0 Å². The molecule has 0 spiro atoms. The van der Waals surface area contributed by atoms with E-state index in [0.717, 1.165) is 5.56 Å². The fourth-order valence-electron chi connectivity index (χ4n) is 1.93. The van der Waals surface area contributed by atoms with Crippen molar-refractivity contribution in [2.75, 3.05) is 0 Å². The third-order valence-electron chi connectivity index (χ3n) is 3.25. The van der Waals surface area contributed by atoms with Crippen molar-refractivity contribution in [2.45, 2.75) is 25.1 Å². The molecule has 0 saturated carbocycles. The minimum Gasteiger partial charge on any atom is -0.207 e. The zero-order chi connectivity index (χ0) is 13.1. The van der Waals surface area contributed by atoms with Crippen LogP contribution in [0.3, 0.4) is 0 Å². The van der Waals surface area contributed by atoms with Crippen LogP contribution in [-0.2, 0) is 6.42 Å². The van der Waals surface area contributed by atoms with E-state index in [4.69, 9.17) is 0 Å². The zero-order valence-electron chi connectivity index (χ0n) is 10.6. The first-order valence-corrected chi connectivity index (χ1v) is 6.94. The van der Waals surface area contributed by atoms with Gasteiger partial charge in [0.15, 0.2) is 0 Å². The maximum atomic E-state index is 13.6. The van der Waals surface area contributed by atoms with Crippen LogP contribution >= 0.6 is 15.9 Å². The third kappa shape index (κ3) is 2.99. The molecule has 2 aromatic carbocycles. The second-order valence-electron chi connectivity index (χ2n) is 4.61. The molecule has 0 aromatic heterocycles. The molecule has 0 aliphatic rings. The van der Waals surface area contributed by atoms with Crippen molar-refractivity contribution in [2.24, 2.45) is 0 Å². The van der Waals surface area contributed by atoms with E-state index < -0.39 is 0 Å². The molecule has 2 heteroatoms. The zero-order valence-corrected chi connectivity index (χ0v) is 12.2. The number of benzene rings is 2. The molecule has 18 heavy (non-hydrogen) atoms. The molecule has 0 heterocycles. The highest BCUT2D eigenvalue weighted by atomic mass is 79.9. The number of halogens is 2. The van der Waals surface area contributed by atoms with Crippen molar-refractivity contribution in [3.8, 4) is 0 Å². The van der Waals surface area contributed by atoms with Crippen LogP contribution in [0.25, 0.3) is 0 Å². The van der Waals surface area contributed by atoms with Gasteiger partial charge in [0.25, 0.3) is 0 Å². The normalized spacial score (nSPS) is 12.4. The summed E-state index contributed by atoms with van der Waals surface area (Å²) in [5.74, 6) is -0.134. The first-order valence-electron chi connectivity index (χ1n) is 6.02. The molecule has 0 nitrogen and oxygen atoms in total. The van der Waals surface area contributed by atoms with Crippen molar-refractivity contribution in [1.29, 1.82) is 0 Å². The molecule has 0 bridgehead atoms. The Bertz CT molecular complexity index is 549. The first kappa shape index (κ1) is 13.3. The number of hydrogen-bond acceptors (Lipinski definition) is 0. The molecule has 0 aliphatic carbocycles. The Balaban J connectivity index is 2.19. The summed E-state index contributed by atoms with van der Waals surface area (Å²) in [6.07, 6.45) is 0.662.